The van der Waals surface area contributed by atoms with Crippen molar-refractivity contribution in [2.24, 2.45) is 0 Å². The van der Waals surface area contributed by atoms with E-state index in [0.717, 1.165) is 11.3 Å². The largest absolute Gasteiger partial charge is 0.460 e. The van der Waals surface area contributed by atoms with Gasteiger partial charge in [-0.25, -0.2) is 0 Å². The fraction of sp³-hybridized carbons (Fsp3) is 0.200. The number of fused-ring (bicyclic) bond motifs is 1. The van der Waals surface area contributed by atoms with Gasteiger partial charge in [-0.2, -0.15) is 12.6 Å². The molecular weight excluding hydrogens is 168 g/mol. The van der Waals surface area contributed by atoms with Gasteiger partial charge in [0.1, 0.15) is 11.3 Å². The maximum Gasteiger partial charge on any atom is 0.134 e. The molecule has 1 aromatic heterocycles. The predicted octanol–water partition coefficient (Wildman–Crippen LogP) is 3.17. The summed E-state index contributed by atoms with van der Waals surface area (Å²) in [5, 5.41) is 1.17. The van der Waals surface area contributed by atoms with E-state index in [9.17, 15) is 0 Å². The van der Waals surface area contributed by atoms with Gasteiger partial charge in [0, 0.05) is 11.1 Å². The lowest BCUT2D eigenvalue weighted by atomic mass is 10.2. The topological polar surface area (TPSA) is 13.1 Å². The first-order valence-electron chi connectivity index (χ1n) is 3.89. The average molecular weight is 178 g/mol. The second-order valence-electron chi connectivity index (χ2n) is 2.91. The van der Waals surface area contributed by atoms with Crippen molar-refractivity contribution in [3.05, 3.63) is 35.6 Å². The Bertz CT molecular complexity index is 403. The molecule has 0 fully saturated rings. The Kier molecular flexibility index (Phi) is 1.85. The van der Waals surface area contributed by atoms with Crippen molar-refractivity contribution in [3.63, 3.8) is 0 Å². The Morgan fingerprint density at radius 1 is 1.33 bits per heavy atom. The van der Waals surface area contributed by atoms with Crippen molar-refractivity contribution in [2.45, 2.75) is 12.7 Å². The van der Waals surface area contributed by atoms with Gasteiger partial charge in [-0.1, -0.05) is 11.6 Å². The summed E-state index contributed by atoms with van der Waals surface area (Å²) in [6.07, 6.45) is 0. The molecule has 12 heavy (non-hydrogen) atoms. The molecule has 1 aromatic carbocycles. The van der Waals surface area contributed by atoms with Crippen LogP contribution in [0.15, 0.2) is 28.7 Å². The lowest BCUT2D eigenvalue weighted by molar-refractivity contribution is 0.574. The number of thiol groups is 1. The van der Waals surface area contributed by atoms with Crippen molar-refractivity contribution in [1.29, 1.82) is 0 Å². The molecule has 0 spiro atoms. The zero-order valence-electron chi connectivity index (χ0n) is 6.87. The first-order valence-corrected chi connectivity index (χ1v) is 4.53. The normalized spacial score (nSPS) is 10.8. The van der Waals surface area contributed by atoms with Gasteiger partial charge in [-0.15, -0.1) is 0 Å². The molecule has 2 heteroatoms. The smallest absolute Gasteiger partial charge is 0.134 e. The fourth-order valence-corrected chi connectivity index (χ4v) is 1.45. The van der Waals surface area contributed by atoms with Gasteiger partial charge in [-0.05, 0) is 25.1 Å². The molecule has 0 saturated carbocycles. The van der Waals surface area contributed by atoms with Crippen LogP contribution in [0.3, 0.4) is 0 Å². The third kappa shape index (κ3) is 1.23. The van der Waals surface area contributed by atoms with Crippen LogP contribution in [-0.4, -0.2) is 0 Å². The molecule has 0 atom stereocenters. The third-order valence-electron chi connectivity index (χ3n) is 1.88. The number of hydrogen-bond acceptors (Lipinski definition) is 2. The molecule has 0 aliphatic carbocycles. The quantitative estimate of drug-likeness (QED) is 0.662. The molecule has 1 heterocycles. The van der Waals surface area contributed by atoms with E-state index in [-0.39, 0.29) is 0 Å². The van der Waals surface area contributed by atoms with Gasteiger partial charge >= 0.3 is 0 Å². The number of hydrogen-bond donors (Lipinski definition) is 1. The lowest BCUT2D eigenvalue weighted by Gasteiger charge is -1.89. The average Bonchev–Trinajstić information content (AvgIpc) is 2.46. The molecule has 0 aliphatic rings. The second kappa shape index (κ2) is 2.87. The molecule has 1 nitrogen and oxygen atoms in total. The number of furan rings is 1. The molecule has 0 saturated heterocycles. The van der Waals surface area contributed by atoms with Crippen LogP contribution in [0.2, 0.25) is 0 Å². The molecule has 2 rings (SSSR count). The van der Waals surface area contributed by atoms with Crippen LogP contribution >= 0.6 is 12.6 Å². The highest BCUT2D eigenvalue weighted by atomic mass is 32.1. The third-order valence-corrected chi connectivity index (χ3v) is 2.19. The van der Waals surface area contributed by atoms with E-state index in [1.165, 1.54) is 10.9 Å². The van der Waals surface area contributed by atoms with Gasteiger partial charge in [0.15, 0.2) is 0 Å². The summed E-state index contributed by atoms with van der Waals surface area (Å²) >= 11 is 4.15. The number of aryl methyl sites for hydroxylation is 1. The minimum Gasteiger partial charge on any atom is -0.460 e. The van der Waals surface area contributed by atoms with E-state index in [0.29, 0.717) is 5.75 Å². The van der Waals surface area contributed by atoms with Crippen molar-refractivity contribution >= 4 is 23.6 Å². The number of rotatable bonds is 1. The van der Waals surface area contributed by atoms with Crippen molar-refractivity contribution in [1.82, 2.24) is 0 Å². The van der Waals surface area contributed by atoms with Gasteiger partial charge in [0.2, 0.25) is 0 Å². The summed E-state index contributed by atoms with van der Waals surface area (Å²) in [6, 6.07) is 8.20. The lowest BCUT2D eigenvalue weighted by Crippen LogP contribution is -1.67. The highest BCUT2D eigenvalue weighted by Crippen LogP contribution is 2.21. The monoisotopic (exact) mass is 178 g/mol. The van der Waals surface area contributed by atoms with Crippen LogP contribution < -0.4 is 0 Å². The molecule has 0 unspecified atom stereocenters. The van der Waals surface area contributed by atoms with E-state index < -0.39 is 0 Å². The van der Waals surface area contributed by atoms with Crippen molar-refractivity contribution in [2.75, 3.05) is 0 Å². The Balaban J connectivity index is 2.67. The zero-order chi connectivity index (χ0) is 8.55. The van der Waals surface area contributed by atoms with E-state index in [4.69, 9.17) is 4.42 Å². The van der Waals surface area contributed by atoms with Crippen molar-refractivity contribution < 1.29 is 4.42 Å². The first-order chi connectivity index (χ1) is 5.79. The Labute approximate surface area is 76.8 Å². The molecule has 0 amide bonds. The molecule has 0 radical (unpaired) electrons. The van der Waals surface area contributed by atoms with Gasteiger partial charge < -0.3 is 4.42 Å². The molecule has 0 aliphatic heterocycles. The SMILES string of the molecule is Cc1ccc2oc(CS)cc2c1. The summed E-state index contributed by atoms with van der Waals surface area (Å²) in [5.74, 6) is 1.59. The van der Waals surface area contributed by atoms with Crippen LogP contribution in [0.25, 0.3) is 11.0 Å². The highest BCUT2D eigenvalue weighted by molar-refractivity contribution is 7.79. The molecular formula is C10H10OS. The van der Waals surface area contributed by atoms with E-state index in [2.05, 4.69) is 25.6 Å². The second-order valence-corrected chi connectivity index (χ2v) is 3.23. The standard InChI is InChI=1S/C10H10OS/c1-7-2-3-10-8(4-7)5-9(6-12)11-10/h2-5,12H,6H2,1H3. The van der Waals surface area contributed by atoms with Crippen molar-refractivity contribution in [3.8, 4) is 0 Å². The molecule has 0 bridgehead atoms. The minimum absolute atomic E-state index is 0.660. The van der Waals surface area contributed by atoms with E-state index >= 15 is 0 Å². The molecule has 0 N–H and O–H groups in total. The van der Waals surface area contributed by atoms with Crippen LogP contribution in [0, 0.1) is 6.92 Å². The van der Waals surface area contributed by atoms with Gasteiger partial charge in [0.25, 0.3) is 0 Å². The predicted molar refractivity (Wildman–Crippen MR) is 53.6 cm³/mol. The summed E-state index contributed by atoms with van der Waals surface area (Å²) in [7, 11) is 0. The summed E-state index contributed by atoms with van der Waals surface area (Å²) < 4.78 is 5.50. The van der Waals surface area contributed by atoms with Gasteiger partial charge in [-0.3, -0.25) is 0 Å². The van der Waals surface area contributed by atoms with Crippen LogP contribution in [0.4, 0.5) is 0 Å². The number of benzene rings is 1. The maximum absolute atomic E-state index is 5.50. The fourth-order valence-electron chi connectivity index (χ4n) is 1.30. The van der Waals surface area contributed by atoms with E-state index in [1.807, 2.05) is 18.2 Å². The van der Waals surface area contributed by atoms with E-state index in [1.54, 1.807) is 0 Å². The zero-order valence-corrected chi connectivity index (χ0v) is 7.77. The van der Waals surface area contributed by atoms with Gasteiger partial charge in [0.05, 0.1) is 0 Å². The van der Waals surface area contributed by atoms with Crippen LogP contribution in [0.5, 0.6) is 0 Å². The Morgan fingerprint density at radius 3 is 2.92 bits per heavy atom. The van der Waals surface area contributed by atoms with Crippen LogP contribution in [-0.2, 0) is 5.75 Å². The minimum atomic E-state index is 0.660. The highest BCUT2D eigenvalue weighted by Gasteiger charge is 2.00. The Morgan fingerprint density at radius 2 is 2.17 bits per heavy atom. The molecule has 62 valence electrons. The first kappa shape index (κ1) is 7.74. The summed E-state index contributed by atoms with van der Waals surface area (Å²) in [5.41, 5.74) is 2.21. The van der Waals surface area contributed by atoms with Crippen LogP contribution in [0.1, 0.15) is 11.3 Å². The Hall–Kier alpha value is -0.890. The maximum atomic E-state index is 5.50. The summed E-state index contributed by atoms with van der Waals surface area (Å²) in [4.78, 5) is 0. The summed E-state index contributed by atoms with van der Waals surface area (Å²) in [6.45, 7) is 2.08. The molecule has 2 aromatic rings.